The monoisotopic (exact) mass is 507 g/mol. The van der Waals surface area contributed by atoms with Crippen LogP contribution in [0, 0.1) is 17.0 Å². The summed E-state index contributed by atoms with van der Waals surface area (Å²) in [5, 5.41) is 31.7. The molecule has 35 heavy (non-hydrogen) atoms. The highest BCUT2D eigenvalue weighted by atomic mass is 32.1. The average Bonchev–Trinajstić information content (AvgIpc) is 3.28. The number of halogens is 2. The molecule has 4 heterocycles. The number of nitrogens with one attached hydrogen (secondary N) is 2. The fourth-order valence-electron chi connectivity index (χ4n) is 5.32. The molecule has 0 bridgehead atoms. The topological polar surface area (TPSA) is 137 Å². The molecule has 3 aliphatic heterocycles. The van der Waals surface area contributed by atoms with Crippen molar-refractivity contribution in [3.8, 4) is 10.6 Å². The van der Waals surface area contributed by atoms with Gasteiger partial charge in [0.15, 0.2) is 22.1 Å². The van der Waals surface area contributed by atoms with Crippen LogP contribution < -0.4 is 15.5 Å². The standard InChI is InChI=1S/C22H23F2N5O5S/c1-8-6-29-16-11(4-12(14(23)15(16)24)18-27-28-19(35-18)13(31)7-30)5-22(17(29)9(2)34-8)20(32)25-10(3)26-21(22)33/h4,8-9,13,17,30-31H,3,5-7H2,1-2H3,(H,25,32)(H,26,33)/t8?,9?,13-,17-/m0/s1. The van der Waals surface area contributed by atoms with Gasteiger partial charge in [-0.3, -0.25) is 9.59 Å². The van der Waals surface area contributed by atoms with Crippen LogP contribution in [-0.2, 0) is 20.7 Å². The minimum Gasteiger partial charge on any atom is -0.393 e. The first-order chi connectivity index (χ1) is 16.6. The number of aliphatic hydroxyl groups is 2. The summed E-state index contributed by atoms with van der Waals surface area (Å²) in [4.78, 5) is 28.2. The van der Waals surface area contributed by atoms with E-state index in [1.165, 1.54) is 6.07 Å². The van der Waals surface area contributed by atoms with Crippen LogP contribution in [0.15, 0.2) is 18.5 Å². The molecule has 2 fully saturated rings. The lowest BCUT2D eigenvalue weighted by atomic mass is 9.66. The number of hydrogen-bond acceptors (Lipinski definition) is 9. The van der Waals surface area contributed by atoms with Crippen molar-refractivity contribution >= 4 is 28.8 Å². The predicted molar refractivity (Wildman–Crippen MR) is 120 cm³/mol. The number of benzene rings is 1. The second kappa shape index (κ2) is 8.29. The van der Waals surface area contributed by atoms with Gasteiger partial charge in [-0.2, -0.15) is 0 Å². The summed E-state index contributed by atoms with van der Waals surface area (Å²) < 4.78 is 37.0. The van der Waals surface area contributed by atoms with E-state index in [-0.39, 0.29) is 51.7 Å². The Morgan fingerprint density at radius 1 is 1.29 bits per heavy atom. The molecule has 0 aliphatic carbocycles. The zero-order chi connectivity index (χ0) is 25.2. The van der Waals surface area contributed by atoms with Gasteiger partial charge in [-0.25, -0.2) is 8.78 Å². The molecule has 2 amide bonds. The summed E-state index contributed by atoms with van der Waals surface area (Å²) in [6.07, 6.45) is -2.55. The number of anilines is 1. The van der Waals surface area contributed by atoms with Crippen molar-refractivity contribution in [2.75, 3.05) is 18.1 Å². The maximum Gasteiger partial charge on any atom is 0.243 e. The molecule has 13 heteroatoms. The number of amides is 2. The van der Waals surface area contributed by atoms with Crippen molar-refractivity contribution in [3.63, 3.8) is 0 Å². The van der Waals surface area contributed by atoms with E-state index in [4.69, 9.17) is 9.84 Å². The van der Waals surface area contributed by atoms with Crippen LogP contribution in [0.3, 0.4) is 0 Å². The number of aliphatic hydroxyl groups excluding tert-OH is 2. The molecule has 4 N–H and O–H groups in total. The van der Waals surface area contributed by atoms with Crippen LogP contribution in [0.5, 0.6) is 0 Å². The average molecular weight is 508 g/mol. The Morgan fingerprint density at radius 2 is 1.97 bits per heavy atom. The van der Waals surface area contributed by atoms with Crippen molar-refractivity contribution in [1.82, 2.24) is 20.8 Å². The van der Waals surface area contributed by atoms with Gasteiger partial charge in [0.2, 0.25) is 11.8 Å². The van der Waals surface area contributed by atoms with E-state index in [2.05, 4.69) is 27.4 Å². The zero-order valence-electron chi connectivity index (χ0n) is 18.8. The van der Waals surface area contributed by atoms with E-state index < -0.39 is 53.7 Å². The van der Waals surface area contributed by atoms with Gasteiger partial charge >= 0.3 is 0 Å². The highest BCUT2D eigenvalue weighted by Gasteiger charge is 2.62. The van der Waals surface area contributed by atoms with Crippen LogP contribution >= 0.6 is 11.3 Å². The Kier molecular flexibility index (Phi) is 5.62. The largest absolute Gasteiger partial charge is 0.393 e. The molecule has 2 saturated heterocycles. The summed E-state index contributed by atoms with van der Waals surface area (Å²) in [6, 6.07) is 0.461. The maximum absolute atomic E-state index is 15.7. The smallest absolute Gasteiger partial charge is 0.243 e. The molecule has 10 nitrogen and oxygen atoms in total. The van der Waals surface area contributed by atoms with E-state index in [0.717, 1.165) is 11.3 Å². The van der Waals surface area contributed by atoms with Crippen LogP contribution in [0.4, 0.5) is 14.5 Å². The highest BCUT2D eigenvalue weighted by molar-refractivity contribution is 7.14. The van der Waals surface area contributed by atoms with Crippen molar-refractivity contribution in [1.29, 1.82) is 0 Å². The van der Waals surface area contributed by atoms with E-state index >= 15 is 8.78 Å². The number of aromatic nitrogens is 2. The fourth-order valence-corrected chi connectivity index (χ4v) is 6.15. The van der Waals surface area contributed by atoms with Gasteiger partial charge in [-0.1, -0.05) is 17.9 Å². The molecule has 2 aromatic rings. The van der Waals surface area contributed by atoms with Gasteiger partial charge in [-0.15, -0.1) is 10.2 Å². The lowest BCUT2D eigenvalue weighted by Gasteiger charge is -2.55. The molecular formula is C22H23F2N5O5S. The van der Waals surface area contributed by atoms with Crippen molar-refractivity contribution < 1.29 is 33.3 Å². The molecule has 2 unspecified atom stereocenters. The van der Waals surface area contributed by atoms with Crippen molar-refractivity contribution in [2.24, 2.45) is 5.41 Å². The highest BCUT2D eigenvalue weighted by Crippen LogP contribution is 2.49. The summed E-state index contributed by atoms with van der Waals surface area (Å²) in [5.41, 5.74) is -1.70. The Morgan fingerprint density at radius 3 is 2.63 bits per heavy atom. The van der Waals surface area contributed by atoms with Gasteiger partial charge < -0.3 is 30.5 Å². The molecule has 4 atom stereocenters. The Bertz CT molecular complexity index is 1230. The molecule has 0 saturated carbocycles. The number of carbonyl (C=O) groups is 2. The quantitative estimate of drug-likeness (QED) is 0.447. The number of morpholine rings is 1. The molecule has 1 aromatic carbocycles. The van der Waals surface area contributed by atoms with E-state index in [1.807, 2.05) is 0 Å². The van der Waals surface area contributed by atoms with Crippen molar-refractivity contribution in [3.05, 3.63) is 40.7 Å². The Labute approximate surface area is 202 Å². The molecule has 1 spiro atoms. The van der Waals surface area contributed by atoms with Gasteiger partial charge in [0.1, 0.15) is 16.9 Å². The lowest BCUT2D eigenvalue weighted by molar-refractivity contribution is -0.154. The minimum absolute atomic E-state index is 0.0162. The van der Waals surface area contributed by atoms with Gasteiger partial charge in [0, 0.05) is 13.0 Å². The third kappa shape index (κ3) is 3.44. The predicted octanol–water partition coefficient (Wildman–Crippen LogP) is 0.751. The van der Waals surface area contributed by atoms with Gasteiger partial charge in [0.25, 0.3) is 0 Å². The summed E-state index contributed by atoms with van der Waals surface area (Å²) in [6.45, 7) is 6.60. The van der Waals surface area contributed by atoms with Gasteiger partial charge in [0.05, 0.1) is 36.1 Å². The third-order valence-electron chi connectivity index (χ3n) is 6.67. The van der Waals surface area contributed by atoms with Crippen LogP contribution in [-0.4, -0.2) is 63.6 Å². The lowest BCUT2D eigenvalue weighted by Crippen LogP contribution is -2.74. The van der Waals surface area contributed by atoms with Crippen molar-refractivity contribution in [2.45, 2.75) is 44.6 Å². The number of nitrogens with zero attached hydrogens (tertiary/aromatic N) is 3. The number of ether oxygens (including phenoxy) is 1. The summed E-state index contributed by atoms with van der Waals surface area (Å²) in [5.74, 6) is -3.48. The first-order valence-electron chi connectivity index (χ1n) is 11.0. The number of rotatable bonds is 3. The number of fused-ring (bicyclic) bond motifs is 4. The van der Waals surface area contributed by atoms with E-state index in [9.17, 15) is 14.7 Å². The molecule has 186 valence electrons. The SMILES string of the molecule is C=C1NC(=O)C2(Cc3cc(-c4nnc([C@@H](O)CO)s4)c(F)c(F)c3N3CC(C)OC(C)[C@H]32)C(=O)N1. The van der Waals surface area contributed by atoms with E-state index in [1.54, 1.807) is 18.7 Å². The van der Waals surface area contributed by atoms with Crippen LogP contribution in [0.1, 0.15) is 30.5 Å². The Balaban J connectivity index is 1.70. The first kappa shape index (κ1) is 23.7. The molecule has 5 rings (SSSR count). The number of hydrogen-bond donors (Lipinski definition) is 4. The second-order valence-corrected chi connectivity index (χ2v) is 10.00. The summed E-state index contributed by atoms with van der Waals surface area (Å²) >= 11 is 0.802. The molecule has 1 aromatic heterocycles. The summed E-state index contributed by atoms with van der Waals surface area (Å²) in [7, 11) is 0. The van der Waals surface area contributed by atoms with Crippen LogP contribution in [0.2, 0.25) is 0 Å². The molecular weight excluding hydrogens is 484 g/mol. The third-order valence-corrected chi connectivity index (χ3v) is 7.73. The normalized spacial score (nSPS) is 26.2. The Hall–Kier alpha value is -3.00. The second-order valence-electron chi connectivity index (χ2n) is 8.99. The maximum atomic E-state index is 15.7. The molecule has 0 radical (unpaired) electrons. The molecule has 3 aliphatic rings. The van der Waals surface area contributed by atoms with E-state index in [0.29, 0.717) is 0 Å². The fraction of sp³-hybridized carbons (Fsp3) is 0.455. The number of carbonyl (C=O) groups excluding carboxylic acids is 2. The van der Waals surface area contributed by atoms with Crippen LogP contribution in [0.25, 0.3) is 10.6 Å². The zero-order valence-corrected chi connectivity index (χ0v) is 19.7. The van der Waals surface area contributed by atoms with Gasteiger partial charge in [-0.05, 0) is 25.5 Å². The minimum atomic E-state index is -1.69. The first-order valence-corrected chi connectivity index (χ1v) is 11.8.